The lowest BCUT2D eigenvalue weighted by molar-refractivity contribution is -0.861. The van der Waals surface area contributed by atoms with Gasteiger partial charge in [-0.25, -0.2) is 4.39 Å². The van der Waals surface area contributed by atoms with Gasteiger partial charge in [-0.15, -0.1) is 0 Å². The van der Waals surface area contributed by atoms with Crippen LogP contribution in [0.2, 0.25) is 0 Å². The van der Waals surface area contributed by atoms with Crippen LogP contribution in [0, 0.1) is 11.7 Å². The molecule has 0 heterocycles. The van der Waals surface area contributed by atoms with Crippen molar-refractivity contribution >= 4 is 5.91 Å². The van der Waals surface area contributed by atoms with Crippen molar-refractivity contribution < 1.29 is 14.1 Å². The van der Waals surface area contributed by atoms with E-state index in [0.29, 0.717) is 12.5 Å². The molecule has 0 bridgehead atoms. The topological polar surface area (TPSA) is 33.5 Å². The highest BCUT2D eigenvalue weighted by molar-refractivity contribution is 5.94. The van der Waals surface area contributed by atoms with Crippen molar-refractivity contribution in [3.63, 3.8) is 0 Å². The first-order valence-electron chi connectivity index (χ1n) is 5.82. The Labute approximate surface area is 102 Å². The fourth-order valence-corrected chi connectivity index (χ4v) is 1.78. The third-order valence-electron chi connectivity index (χ3n) is 2.49. The second kappa shape index (κ2) is 6.35. The summed E-state index contributed by atoms with van der Waals surface area (Å²) in [6.07, 6.45) is 0. The summed E-state index contributed by atoms with van der Waals surface area (Å²) < 4.78 is 13.3. The fraction of sp³-hybridized carbons (Fsp3) is 0.462. The SMILES string of the molecule is C[C@H](CNC(=O)c1ccccc1F)C[NH+](C)C. The van der Waals surface area contributed by atoms with Crippen molar-refractivity contribution in [2.75, 3.05) is 27.2 Å². The fourth-order valence-electron chi connectivity index (χ4n) is 1.78. The maximum Gasteiger partial charge on any atom is 0.254 e. The molecule has 0 fully saturated rings. The lowest BCUT2D eigenvalue weighted by atomic mass is 10.1. The molecule has 0 spiro atoms. The molecule has 0 aliphatic rings. The molecule has 0 saturated heterocycles. The number of carbonyl (C=O) groups excluding carboxylic acids is 1. The van der Waals surface area contributed by atoms with Crippen LogP contribution in [0.5, 0.6) is 0 Å². The van der Waals surface area contributed by atoms with E-state index in [1.165, 1.54) is 17.0 Å². The second-order valence-corrected chi connectivity index (χ2v) is 4.71. The van der Waals surface area contributed by atoms with E-state index in [4.69, 9.17) is 0 Å². The molecular formula is C13H20FN2O+. The standard InChI is InChI=1S/C13H19FN2O/c1-10(9-16(2)3)8-15-13(17)11-6-4-5-7-12(11)14/h4-7,10H,8-9H2,1-3H3,(H,15,17)/p+1/t10-/m1/s1. The number of carbonyl (C=O) groups is 1. The predicted octanol–water partition coefficient (Wildman–Crippen LogP) is 0.336. The monoisotopic (exact) mass is 239 g/mol. The maximum atomic E-state index is 13.3. The van der Waals surface area contributed by atoms with E-state index < -0.39 is 5.82 Å². The summed E-state index contributed by atoms with van der Waals surface area (Å²) in [6.45, 7) is 3.60. The van der Waals surface area contributed by atoms with Gasteiger partial charge >= 0.3 is 0 Å². The van der Waals surface area contributed by atoms with Crippen LogP contribution in [0.25, 0.3) is 0 Å². The number of amides is 1. The molecule has 0 aromatic heterocycles. The highest BCUT2D eigenvalue weighted by Crippen LogP contribution is 2.05. The molecule has 1 aromatic rings. The van der Waals surface area contributed by atoms with Crippen molar-refractivity contribution in [1.29, 1.82) is 0 Å². The largest absolute Gasteiger partial charge is 0.351 e. The van der Waals surface area contributed by atoms with E-state index in [0.717, 1.165) is 6.54 Å². The summed E-state index contributed by atoms with van der Waals surface area (Å²) in [5.41, 5.74) is 0.108. The molecule has 3 nitrogen and oxygen atoms in total. The number of hydrogen-bond donors (Lipinski definition) is 2. The number of nitrogens with one attached hydrogen (secondary N) is 2. The van der Waals surface area contributed by atoms with Gasteiger partial charge in [0.25, 0.3) is 5.91 Å². The van der Waals surface area contributed by atoms with Crippen LogP contribution in [-0.4, -0.2) is 33.1 Å². The molecule has 0 aliphatic carbocycles. The Morgan fingerprint density at radius 3 is 2.65 bits per heavy atom. The number of quaternary nitrogens is 1. The summed E-state index contributed by atoms with van der Waals surface area (Å²) >= 11 is 0. The van der Waals surface area contributed by atoms with Crippen LogP contribution in [-0.2, 0) is 0 Å². The first-order chi connectivity index (χ1) is 8.00. The van der Waals surface area contributed by atoms with Gasteiger partial charge < -0.3 is 10.2 Å². The van der Waals surface area contributed by atoms with Gasteiger partial charge in [0.15, 0.2) is 0 Å². The molecule has 2 N–H and O–H groups in total. The average molecular weight is 239 g/mol. The minimum Gasteiger partial charge on any atom is -0.351 e. The van der Waals surface area contributed by atoms with E-state index in [1.54, 1.807) is 12.1 Å². The summed E-state index contributed by atoms with van der Waals surface area (Å²) in [6, 6.07) is 6.02. The minimum atomic E-state index is -0.476. The van der Waals surface area contributed by atoms with Gasteiger partial charge in [-0.1, -0.05) is 19.1 Å². The predicted molar refractivity (Wildman–Crippen MR) is 65.6 cm³/mol. The second-order valence-electron chi connectivity index (χ2n) is 4.71. The Morgan fingerprint density at radius 2 is 2.06 bits per heavy atom. The molecule has 0 unspecified atom stereocenters. The summed E-state index contributed by atoms with van der Waals surface area (Å²) in [5.74, 6) is -0.449. The Hall–Kier alpha value is -1.42. The maximum absolute atomic E-state index is 13.3. The van der Waals surface area contributed by atoms with Crippen LogP contribution in [0.3, 0.4) is 0 Å². The Kier molecular flexibility index (Phi) is 5.10. The first-order valence-corrected chi connectivity index (χ1v) is 5.82. The summed E-state index contributed by atoms with van der Waals surface area (Å²) in [5, 5.41) is 2.75. The summed E-state index contributed by atoms with van der Waals surface area (Å²) in [4.78, 5) is 13.0. The molecule has 17 heavy (non-hydrogen) atoms. The zero-order chi connectivity index (χ0) is 12.8. The van der Waals surface area contributed by atoms with E-state index in [2.05, 4.69) is 26.3 Å². The minimum absolute atomic E-state index is 0.108. The van der Waals surface area contributed by atoms with Crippen LogP contribution in [0.4, 0.5) is 4.39 Å². The molecule has 1 atom stereocenters. The zero-order valence-corrected chi connectivity index (χ0v) is 10.6. The van der Waals surface area contributed by atoms with E-state index in [9.17, 15) is 9.18 Å². The van der Waals surface area contributed by atoms with Crippen molar-refractivity contribution in [3.8, 4) is 0 Å². The zero-order valence-electron chi connectivity index (χ0n) is 10.6. The van der Waals surface area contributed by atoms with Gasteiger partial charge in [-0.2, -0.15) is 0 Å². The van der Waals surface area contributed by atoms with Crippen LogP contribution in [0.15, 0.2) is 24.3 Å². The molecule has 0 aliphatic heterocycles. The van der Waals surface area contributed by atoms with E-state index in [-0.39, 0.29) is 11.5 Å². The first kappa shape index (κ1) is 13.6. The van der Waals surface area contributed by atoms with Gasteiger partial charge in [0.1, 0.15) is 5.82 Å². The van der Waals surface area contributed by atoms with Crippen LogP contribution < -0.4 is 10.2 Å². The molecule has 0 radical (unpaired) electrons. The van der Waals surface area contributed by atoms with Gasteiger partial charge in [0.05, 0.1) is 26.2 Å². The molecule has 1 aromatic carbocycles. The molecule has 4 heteroatoms. The third-order valence-corrected chi connectivity index (χ3v) is 2.49. The Bertz CT molecular complexity index is 379. The van der Waals surface area contributed by atoms with Gasteiger partial charge in [-0.05, 0) is 12.1 Å². The van der Waals surface area contributed by atoms with E-state index in [1.807, 2.05) is 0 Å². The number of rotatable bonds is 5. The van der Waals surface area contributed by atoms with Crippen LogP contribution >= 0.6 is 0 Å². The molecular weight excluding hydrogens is 219 g/mol. The lowest BCUT2D eigenvalue weighted by Gasteiger charge is -2.15. The Morgan fingerprint density at radius 1 is 1.41 bits per heavy atom. The average Bonchev–Trinajstić information content (AvgIpc) is 2.25. The van der Waals surface area contributed by atoms with Crippen molar-refractivity contribution in [3.05, 3.63) is 35.6 Å². The van der Waals surface area contributed by atoms with Crippen molar-refractivity contribution in [2.24, 2.45) is 5.92 Å². The molecule has 1 rings (SSSR count). The highest BCUT2D eigenvalue weighted by atomic mass is 19.1. The normalized spacial score (nSPS) is 12.5. The van der Waals surface area contributed by atoms with Gasteiger partial charge in [0.2, 0.25) is 0 Å². The third kappa shape index (κ3) is 4.53. The molecule has 0 saturated carbocycles. The molecule has 1 amide bonds. The summed E-state index contributed by atoms with van der Waals surface area (Å²) in [7, 11) is 4.13. The number of halogens is 1. The van der Waals surface area contributed by atoms with Crippen molar-refractivity contribution in [2.45, 2.75) is 6.92 Å². The number of benzene rings is 1. The Balaban J connectivity index is 2.48. The van der Waals surface area contributed by atoms with Crippen LogP contribution in [0.1, 0.15) is 17.3 Å². The van der Waals surface area contributed by atoms with Crippen molar-refractivity contribution in [1.82, 2.24) is 5.32 Å². The quantitative estimate of drug-likeness (QED) is 0.763. The van der Waals surface area contributed by atoms with E-state index >= 15 is 0 Å². The van der Waals surface area contributed by atoms with Gasteiger partial charge in [0, 0.05) is 12.5 Å². The lowest BCUT2D eigenvalue weighted by Crippen LogP contribution is -3.06. The van der Waals surface area contributed by atoms with Gasteiger partial charge in [-0.3, -0.25) is 4.79 Å². The smallest absolute Gasteiger partial charge is 0.254 e. The number of hydrogen-bond acceptors (Lipinski definition) is 1. The highest BCUT2D eigenvalue weighted by Gasteiger charge is 2.12. The molecule has 94 valence electrons.